The molecule has 2 aromatic rings. The Hall–Kier alpha value is -1.29. The van der Waals surface area contributed by atoms with Crippen molar-refractivity contribution in [3.63, 3.8) is 0 Å². The van der Waals surface area contributed by atoms with Crippen LogP contribution in [0.2, 0.25) is 0 Å². The van der Waals surface area contributed by atoms with Gasteiger partial charge in [-0.3, -0.25) is 0 Å². The van der Waals surface area contributed by atoms with Gasteiger partial charge in [0.1, 0.15) is 0 Å². The summed E-state index contributed by atoms with van der Waals surface area (Å²) in [7, 11) is 0. The van der Waals surface area contributed by atoms with Gasteiger partial charge in [-0.15, -0.1) is 0 Å². The van der Waals surface area contributed by atoms with Crippen LogP contribution >= 0.6 is 0 Å². The molecule has 0 bridgehead atoms. The number of carboxylic acid groups (broad SMARTS) is 4. The molecule has 0 aromatic heterocycles. The molecule has 0 unspecified atom stereocenters. The van der Waals surface area contributed by atoms with E-state index in [2.05, 4.69) is 0 Å². The third-order valence-electron chi connectivity index (χ3n) is 3.27. The van der Waals surface area contributed by atoms with E-state index < -0.39 is 46.1 Å². The van der Waals surface area contributed by atoms with Crippen molar-refractivity contribution in [3.05, 3.63) is 58.7 Å². The summed E-state index contributed by atoms with van der Waals surface area (Å²) in [6.45, 7) is 0. The molecule has 0 heterocycles. The van der Waals surface area contributed by atoms with Gasteiger partial charge in [-0.25, -0.2) is 0 Å². The van der Waals surface area contributed by atoms with Gasteiger partial charge in [0.05, 0.1) is 23.9 Å². The average Bonchev–Trinajstić information content (AvgIpc) is 2.52. The SMILES string of the molecule is O=C([O-])c1cccc(-c2cccc(C(=O)[O-])c2C(=O)[O-])c1C(=O)[O-].[Li+].[Li+].[Li+].[Li+]. The molecule has 0 saturated heterocycles. The summed E-state index contributed by atoms with van der Waals surface area (Å²) < 4.78 is 0. The van der Waals surface area contributed by atoms with Crippen molar-refractivity contribution in [3.8, 4) is 11.1 Å². The van der Waals surface area contributed by atoms with Crippen LogP contribution in [0.5, 0.6) is 0 Å². The molecule has 0 atom stereocenters. The van der Waals surface area contributed by atoms with Gasteiger partial charge in [0, 0.05) is 22.3 Å². The van der Waals surface area contributed by atoms with E-state index in [1.54, 1.807) is 0 Å². The normalized spacial score (nSPS) is 8.71. The average molecular weight is 354 g/mol. The maximum atomic E-state index is 11.3. The van der Waals surface area contributed by atoms with Gasteiger partial charge in [-0.05, 0) is 11.1 Å². The van der Waals surface area contributed by atoms with E-state index in [4.69, 9.17) is 0 Å². The Bertz CT molecular complexity index is 825. The van der Waals surface area contributed by atoms with Crippen LogP contribution in [0.1, 0.15) is 41.4 Å². The Morgan fingerprint density at radius 3 is 1.00 bits per heavy atom. The minimum atomic E-state index is -1.90. The van der Waals surface area contributed by atoms with Crippen LogP contribution in [0.3, 0.4) is 0 Å². The van der Waals surface area contributed by atoms with Crippen LogP contribution in [0, 0.1) is 0 Å². The fourth-order valence-corrected chi connectivity index (χ4v) is 2.33. The van der Waals surface area contributed by atoms with E-state index >= 15 is 0 Å². The molecule has 28 heavy (non-hydrogen) atoms. The summed E-state index contributed by atoms with van der Waals surface area (Å²) in [5.74, 6) is -7.43. The maximum absolute atomic E-state index is 11.3. The van der Waals surface area contributed by atoms with E-state index in [1.165, 1.54) is 0 Å². The van der Waals surface area contributed by atoms with Crippen molar-refractivity contribution in [2.75, 3.05) is 0 Å². The molecular weight excluding hydrogens is 348 g/mol. The summed E-state index contributed by atoms with van der Waals surface area (Å²) >= 11 is 0. The van der Waals surface area contributed by atoms with E-state index in [9.17, 15) is 39.6 Å². The van der Waals surface area contributed by atoms with E-state index in [1.807, 2.05) is 0 Å². The Morgan fingerprint density at radius 1 is 0.500 bits per heavy atom. The molecule has 0 aliphatic heterocycles. The number of benzene rings is 2. The maximum Gasteiger partial charge on any atom is 1.00 e. The fraction of sp³-hybridized carbons (Fsp3) is 0. The number of carboxylic acids is 4. The molecule has 0 radical (unpaired) electrons. The second-order valence-corrected chi connectivity index (χ2v) is 4.61. The molecule has 0 aliphatic carbocycles. The van der Waals surface area contributed by atoms with Gasteiger partial charge < -0.3 is 39.6 Å². The second-order valence-electron chi connectivity index (χ2n) is 4.61. The number of aromatic carboxylic acids is 4. The molecule has 0 amide bonds. The van der Waals surface area contributed by atoms with Gasteiger partial charge in [-0.2, -0.15) is 0 Å². The molecule has 0 spiro atoms. The molecule has 0 fully saturated rings. The Morgan fingerprint density at radius 2 is 0.786 bits per heavy atom. The first-order chi connectivity index (χ1) is 11.3. The number of carbonyl (C=O) groups is 4. The van der Waals surface area contributed by atoms with Crippen molar-refractivity contribution >= 4 is 23.9 Å². The van der Waals surface area contributed by atoms with Gasteiger partial charge in [0.2, 0.25) is 0 Å². The predicted molar refractivity (Wildman–Crippen MR) is 69.2 cm³/mol. The van der Waals surface area contributed by atoms with E-state index in [0.717, 1.165) is 36.4 Å². The first-order valence-electron chi connectivity index (χ1n) is 6.37. The van der Waals surface area contributed by atoms with Crippen molar-refractivity contribution < 1.29 is 115 Å². The molecule has 122 valence electrons. The van der Waals surface area contributed by atoms with Crippen molar-refractivity contribution in [1.29, 1.82) is 0 Å². The first kappa shape index (κ1) is 31.4. The van der Waals surface area contributed by atoms with E-state index in [0.29, 0.717) is 0 Å². The van der Waals surface area contributed by atoms with E-state index in [-0.39, 0.29) is 86.6 Å². The van der Waals surface area contributed by atoms with Crippen LogP contribution < -0.4 is 95.9 Å². The summed E-state index contributed by atoms with van der Waals surface area (Å²) in [4.78, 5) is 44.8. The van der Waals surface area contributed by atoms with Gasteiger partial charge in [0.25, 0.3) is 0 Å². The third-order valence-corrected chi connectivity index (χ3v) is 3.27. The van der Waals surface area contributed by atoms with Crippen LogP contribution in [-0.2, 0) is 0 Å². The molecule has 12 heteroatoms. The molecule has 8 nitrogen and oxygen atoms in total. The van der Waals surface area contributed by atoms with Crippen LogP contribution in [0.4, 0.5) is 0 Å². The fourth-order valence-electron chi connectivity index (χ4n) is 2.33. The number of hydrogen-bond acceptors (Lipinski definition) is 8. The predicted octanol–water partition coefficient (Wildman–Crippen LogP) is -15.2. The number of rotatable bonds is 5. The molecule has 0 saturated carbocycles. The van der Waals surface area contributed by atoms with Crippen molar-refractivity contribution in [1.82, 2.24) is 0 Å². The largest absolute Gasteiger partial charge is 1.00 e. The second kappa shape index (κ2) is 13.0. The topological polar surface area (TPSA) is 161 Å². The number of hydrogen-bond donors (Lipinski definition) is 0. The first-order valence-corrected chi connectivity index (χ1v) is 6.37. The zero-order chi connectivity index (χ0) is 18.0. The minimum Gasteiger partial charge on any atom is -0.545 e. The summed E-state index contributed by atoms with van der Waals surface area (Å²) in [6, 6.07) is 6.39. The third kappa shape index (κ3) is 6.37. The molecule has 0 aliphatic rings. The smallest absolute Gasteiger partial charge is 0.545 e. The van der Waals surface area contributed by atoms with Gasteiger partial charge in [-0.1, -0.05) is 36.4 Å². The summed E-state index contributed by atoms with van der Waals surface area (Å²) in [5.41, 5.74) is -3.88. The van der Waals surface area contributed by atoms with Crippen LogP contribution in [0.25, 0.3) is 11.1 Å². The Labute approximate surface area is 207 Å². The zero-order valence-corrected chi connectivity index (χ0v) is 15.7. The Balaban J connectivity index is -0.00000156. The standard InChI is InChI=1S/C16H10O8.4Li/c17-13(18)9-5-1-3-7(11(9)15(21)22)8-4-2-6-10(14(19)20)12(8)16(23)24;;;;/h1-6H,(H,17,18)(H,19,20)(H,21,22)(H,23,24);;;;/q;4*+1/p-4. The molecule has 2 aromatic carbocycles. The number of carbonyl (C=O) groups excluding carboxylic acids is 4. The summed E-state index contributed by atoms with van der Waals surface area (Å²) in [6.07, 6.45) is 0. The van der Waals surface area contributed by atoms with Gasteiger partial charge >= 0.3 is 75.4 Å². The zero-order valence-electron chi connectivity index (χ0n) is 15.7. The van der Waals surface area contributed by atoms with Gasteiger partial charge in [0.15, 0.2) is 0 Å². The Kier molecular flexibility index (Phi) is 14.6. The van der Waals surface area contributed by atoms with Crippen molar-refractivity contribution in [2.24, 2.45) is 0 Å². The molecule has 0 N–H and O–H groups in total. The van der Waals surface area contributed by atoms with Crippen LogP contribution in [0.15, 0.2) is 36.4 Å². The minimum absolute atomic E-state index is 0. The monoisotopic (exact) mass is 354 g/mol. The van der Waals surface area contributed by atoms with Crippen molar-refractivity contribution in [2.45, 2.75) is 0 Å². The van der Waals surface area contributed by atoms with Crippen LogP contribution in [-0.4, -0.2) is 23.9 Å². The quantitative estimate of drug-likeness (QED) is 0.478. The molecular formula is C16H6Li4O8. The molecule has 2 rings (SSSR count). The summed E-state index contributed by atoms with van der Waals surface area (Å²) in [5, 5.41) is 44.8.